The molecule has 8 nitrogen and oxygen atoms in total. The summed E-state index contributed by atoms with van der Waals surface area (Å²) >= 11 is 0. The smallest absolute Gasteiger partial charge is 0.308 e. The van der Waals surface area contributed by atoms with Crippen LogP contribution < -0.4 is 4.72 Å². The number of carbonyl (C=O) groups excluding carboxylic acids is 1. The maximum absolute atomic E-state index is 12.7. The van der Waals surface area contributed by atoms with E-state index in [1.807, 2.05) is 6.92 Å². The zero-order chi connectivity index (χ0) is 19.1. The zero-order valence-corrected chi connectivity index (χ0v) is 15.4. The Morgan fingerprint density at radius 3 is 2.69 bits per heavy atom. The largest absolute Gasteiger partial charge is 0.481 e. The van der Waals surface area contributed by atoms with Gasteiger partial charge in [-0.05, 0) is 31.4 Å². The van der Waals surface area contributed by atoms with Gasteiger partial charge >= 0.3 is 5.97 Å². The van der Waals surface area contributed by atoms with Crippen LogP contribution in [0.4, 0.5) is 0 Å². The maximum atomic E-state index is 12.7. The molecular formula is C17H21N3O5S. The molecule has 2 aliphatic rings. The summed E-state index contributed by atoms with van der Waals surface area (Å²) in [6.07, 6.45) is 0.537. The molecule has 0 aromatic heterocycles. The minimum Gasteiger partial charge on any atom is -0.481 e. The molecule has 1 saturated heterocycles. The molecule has 3 atom stereocenters. The number of carboxylic acid groups (broad SMARTS) is 1. The van der Waals surface area contributed by atoms with Crippen LogP contribution in [-0.2, 0) is 19.6 Å². The van der Waals surface area contributed by atoms with Crippen molar-refractivity contribution in [2.75, 3.05) is 13.1 Å². The lowest BCUT2D eigenvalue weighted by atomic mass is 9.90. The van der Waals surface area contributed by atoms with Crippen molar-refractivity contribution >= 4 is 27.7 Å². The number of fused-ring (bicyclic) bond motifs is 1. The normalized spacial score (nSPS) is 26.8. The first-order valence-electron chi connectivity index (χ1n) is 8.40. The molecule has 140 valence electrons. The number of aliphatic carboxylic acids is 1. The monoisotopic (exact) mass is 379 g/mol. The quantitative estimate of drug-likeness (QED) is 0.801. The number of amidine groups is 1. The molecule has 0 radical (unpaired) electrons. The van der Waals surface area contributed by atoms with E-state index < -0.39 is 28.0 Å². The van der Waals surface area contributed by atoms with E-state index in [-0.39, 0.29) is 29.1 Å². The summed E-state index contributed by atoms with van der Waals surface area (Å²) < 4.78 is 26.6. The molecule has 1 amide bonds. The molecule has 0 saturated carbocycles. The standard InChI is InChI=1S/C17H21N3O5S/c1-10-7-12(17(22)23)9-20(8-10)16(21)11(2)18-15-13-5-3-4-6-14(13)26(24,25)19-15/h3-6,10-12H,7-9H2,1-2H3,(H,18,19)(H,22,23). The third-order valence-electron chi connectivity index (χ3n) is 4.66. The van der Waals surface area contributed by atoms with Gasteiger partial charge in [-0.1, -0.05) is 19.1 Å². The predicted octanol–water partition coefficient (Wildman–Crippen LogP) is 0.683. The Morgan fingerprint density at radius 2 is 2.00 bits per heavy atom. The van der Waals surface area contributed by atoms with E-state index in [0.717, 1.165) is 0 Å². The van der Waals surface area contributed by atoms with Gasteiger partial charge in [-0.15, -0.1) is 0 Å². The minimum absolute atomic E-state index is 0.0827. The third-order valence-corrected chi connectivity index (χ3v) is 6.06. The number of carbonyl (C=O) groups is 2. The highest BCUT2D eigenvalue weighted by molar-refractivity contribution is 7.90. The van der Waals surface area contributed by atoms with E-state index in [4.69, 9.17) is 0 Å². The van der Waals surface area contributed by atoms with Gasteiger partial charge in [0, 0.05) is 18.7 Å². The number of benzene rings is 1. The second-order valence-electron chi connectivity index (χ2n) is 6.87. The fourth-order valence-electron chi connectivity index (χ4n) is 3.45. The van der Waals surface area contributed by atoms with E-state index in [9.17, 15) is 23.1 Å². The summed E-state index contributed by atoms with van der Waals surface area (Å²) in [4.78, 5) is 29.9. The summed E-state index contributed by atoms with van der Waals surface area (Å²) in [5.41, 5.74) is 0.433. The Kier molecular flexibility index (Phi) is 4.74. The van der Waals surface area contributed by atoms with Crippen molar-refractivity contribution in [1.82, 2.24) is 9.62 Å². The van der Waals surface area contributed by atoms with Gasteiger partial charge in [0.05, 0.1) is 10.8 Å². The highest BCUT2D eigenvalue weighted by Gasteiger charge is 2.35. The van der Waals surface area contributed by atoms with Gasteiger partial charge in [0.1, 0.15) is 11.9 Å². The lowest BCUT2D eigenvalue weighted by Crippen LogP contribution is -2.48. The Hall–Kier alpha value is -2.42. The van der Waals surface area contributed by atoms with Gasteiger partial charge in [0.25, 0.3) is 10.0 Å². The number of aliphatic imine (C=N–C) groups is 1. The van der Waals surface area contributed by atoms with Crippen LogP contribution in [0, 0.1) is 11.8 Å². The van der Waals surface area contributed by atoms with Gasteiger partial charge in [-0.3, -0.25) is 19.3 Å². The number of nitrogens with one attached hydrogen (secondary N) is 1. The van der Waals surface area contributed by atoms with E-state index in [1.54, 1.807) is 25.1 Å². The Morgan fingerprint density at radius 1 is 1.31 bits per heavy atom. The summed E-state index contributed by atoms with van der Waals surface area (Å²) in [5, 5.41) is 9.25. The zero-order valence-electron chi connectivity index (χ0n) is 14.5. The average molecular weight is 379 g/mol. The summed E-state index contributed by atoms with van der Waals surface area (Å²) in [5.74, 6) is -1.58. The van der Waals surface area contributed by atoms with Crippen molar-refractivity contribution in [2.45, 2.75) is 31.2 Å². The molecule has 1 fully saturated rings. The number of hydrogen-bond acceptors (Lipinski definition) is 5. The molecule has 2 N–H and O–H groups in total. The van der Waals surface area contributed by atoms with Gasteiger partial charge in [-0.25, -0.2) is 8.42 Å². The van der Waals surface area contributed by atoms with Crippen molar-refractivity contribution in [1.29, 1.82) is 0 Å². The van der Waals surface area contributed by atoms with E-state index in [2.05, 4.69) is 9.71 Å². The molecule has 3 rings (SSSR count). The van der Waals surface area contributed by atoms with E-state index in [0.29, 0.717) is 18.5 Å². The number of rotatable bonds is 3. The number of hydrogen-bond donors (Lipinski definition) is 2. The Bertz CT molecular complexity index is 880. The molecule has 9 heteroatoms. The number of piperidine rings is 1. The number of amides is 1. The molecule has 0 aliphatic carbocycles. The SMILES string of the molecule is CC1CC(C(=O)O)CN(C(=O)C(C)N=C2NS(=O)(=O)c3ccccc32)C1. The number of likely N-dealkylation sites (tertiary alicyclic amines) is 1. The first kappa shape index (κ1) is 18.4. The van der Waals surface area contributed by atoms with Crippen molar-refractivity contribution in [2.24, 2.45) is 16.8 Å². The fourth-order valence-corrected chi connectivity index (χ4v) is 4.69. The molecule has 0 bridgehead atoms. The minimum atomic E-state index is -3.66. The van der Waals surface area contributed by atoms with Crippen molar-refractivity contribution in [3.63, 3.8) is 0 Å². The van der Waals surface area contributed by atoms with Gasteiger partial charge in [0.2, 0.25) is 5.91 Å². The van der Waals surface area contributed by atoms with Crippen LogP contribution in [0.25, 0.3) is 0 Å². The molecule has 2 heterocycles. The maximum Gasteiger partial charge on any atom is 0.308 e. The van der Waals surface area contributed by atoms with Crippen LogP contribution in [0.5, 0.6) is 0 Å². The number of sulfonamides is 1. The van der Waals surface area contributed by atoms with Crippen LogP contribution >= 0.6 is 0 Å². The summed E-state index contributed by atoms with van der Waals surface area (Å²) in [6.45, 7) is 4.11. The fraction of sp³-hybridized carbons (Fsp3) is 0.471. The predicted molar refractivity (Wildman–Crippen MR) is 94.2 cm³/mol. The number of nitrogens with zero attached hydrogens (tertiary/aromatic N) is 2. The second kappa shape index (κ2) is 6.71. The molecule has 2 aliphatic heterocycles. The van der Waals surface area contributed by atoms with Crippen LogP contribution in [0.15, 0.2) is 34.2 Å². The summed E-state index contributed by atoms with van der Waals surface area (Å²) in [7, 11) is -3.66. The van der Waals surface area contributed by atoms with Crippen molar-refractivity contribution < 1.29 is 23.1 Å². The van der Waals surface area contributed by atoms with Crippen LogP contribution in [0.2, 0.25) is 0 Å². The number of carboxylic acids is 1. The molecular weight excluding hydrogens is 358 g/mol. The van der Waals surface area contributed by atoms with Gasteiger partial charge in [-0.2, -0.15) is 0 Å². The second-order valence-corrected chi connectivity index (χ2v) is 8.53. The first-order chi connectivity index (χ1) is 12.2. The molecule has 1 aromatic rings. The lowest BCUT2D eigenvalue weighted by molar-refractivity contribution is -0.147. The van der Waals surface area contributed by atoms with E-state index >= 15 is 0 Å². The topological polar surface area (TPSA) is 116 Å². The molecule has 1 aromatic carbocycles. The molecule has 3 unspecified atom stereocenters. The average Bonchev–Trinajstić information content (AvgIpc) is 2.84. The Labute approximate surface area is 152 Å². The van der Waals surface area contributed by atoms with Gasteiger partial charge < -0.3 is 10.0 Å². The van der Waals surface area contributed by atoms with Crippen molar-refractivity contribution in [3.8, 4) is 0 Å². The lowest BCUT2D eigenvalue weighted by Gasteiger charge is -2.35. The van der Waals surface area contributed by atoms with Crippen LogP contribution in [0.3, 0.4) is 0 Å². The molecule has 0 spiro atoms. The molecule has 26 heavy (non-hydrogen) atoms. The summed E-state index contributed by atoms with van der Waals surface area (Å²) in [6, 6.07) is 5.62. The van der Waals surface area contributed by atoms with E-state index in [1.165, 1.54) is 11.0 Å². The first-order valence-corrected chi connectivity index (χ1v) is 9.89. The highest BCUT2D eigenvalue weighted by atomic mass is 32.2. The van der Waals surface area contributed by atoms with Gasteiger partial charge in [0.15, 0.2) is 0 Å². The van der Waals surface area contributed by atoms with Crippen LogP contribution in [-0.4, -0.2) is 55.3 Å². The van der Waals surface area contributed by atoms with Crippen LogP contribution in [0.1, 0.15) is 25.8 Å². The third kappa shape index (κ3) is 3.44. The Balaban J connectivity index is 1.82. The van der Waals surface area contributed by atoms with Crippen molar-refractivity contribution in [3.05, 3.63) is 29.8 Å². The highest BCUT2D eigenvalue weighted by Crippen LogP contribution is 2.25.